The van der Waals surface area contributed by atoms with Crippen LogP contribution in [0.1, 0.15) is 52.0 Å². The number of rotatable bonds is 5. The van der Waals surface area contributed by atoms with Gasteiger partial charge < -0.3 is 11.1 Å². The first-order chi connectivity index (χ1) is 9.43. The zero-order valence-electron chi connectivity index (χ0n) is 11.4. The minimum Gasteiger partial charge on any atom is -0.345 e. The molecule has 112 valence electrons. The molecular weight excluding hydrogens is 284 g/mol. The van der Waals surface area contributed by atoms with Gasteiger partial charge in [0.25, 0.3) is 11.8 Å². The van der Waals surface area contributed by atoms with E-state index >= 15 is 0 Å². The summed E-state index contributed by atoms with van der Waals surface area (Å²) in [6.07, 6.45) is 4.57. The minimum absolute atomic E-state index is 0.422. The second kappa shape index (κ2) is 6.13. The average molecular weight is 303 g/mol. The molecular formula is C13H19F2N3OS. The number of nitrogens with one attached hydrogen (secondary N) is 1. The van der Waals surface area contributed by atoms with Gasteiger partial charge in [0, 0.05) is 5.92 Å². The Bertz CT molecular complexity index is 484. The lowest BCUT2D eigenvalue weighted by atomic mass is 10.1. The van der Waals surface area contributed by atoms with Crippen molar-refractivity contribution < 1.29 is 13.6 Å². The predicted molar refractivity (Wildman–Crippen MR) is 74.4 cm³/mol. The highest BCUT2D eigenvalue weighted by Gasteiger charge is 2.29. The third-order valence-corrected chi connectivity index (χ3v) is 4.85. The molecule has 0 aromatic carbocycles. The van der Waals surface area contributed by atoms with Crippen LogP contribution in [0.25, 0.3) is 0 Å². The average Bonchev–Trinajstić information content (AvgIpc) is 3.05. The van der Waals surface area contributed by atoms with Gasteiger partial charge in [-0.25, -0.2) is 13.8 Å². The summed E-state index contributed by atoms with van der Waals surface area (Å²) in [4.78, 5) is 16.8. The van der Waals surface area contributed by atoms with Crippen molar-refractivity contribution in [2.45, 2.75) is 44.4 Å². The number of amides is 1. The Morgan fingerprint density at radius 2 is 2.15 bits per heavy atom. The van der Waals surface area contributed by atoms with Crippen molar-refractivity contribution in [2.24, 2.45) is 5.73 Å². The molecule has 1 heterocycles. The number of thiazole rings is 1. The van der Waals surface area contributed by atoms with E-state index in [0.29, 0.717) is 16.5 Å². The smallest absolute Gasteiger partial charge is 0.277 e. The first-order valence-electron chi connectivity index (χ1n) is 6.76. The van der Waals surface area contributed by atoms with Crippen LogP contribution in [0.3, 0.4) is 0 Å². The van der Waals surface area contributed by atoms with E-state index in [0.717, 1.165) is 17.8 Å². The van der Waals surface area contributed by atoms with Crippen molar-refractivity contribution >= 4 is 17.2 Å². The quantitative estimate of drug-likeness (QED) is 0.878. The monoisotopic (exact) mass is 303 g/mol. The number of alkyl halides is 2. The molecule has 20 heavy (non-hydrogen) atoms. The van der Waals surface area contributed by atoms with Crippen LogP contribution in [0.15, 0.2) is 0 Å². The summed E-state index contributed by atoms with van der Waals surface area (Å²) in [5, 5.41) is 3.19. The summed E-state index contributed by atoms with van der Waals surface area (Å²) in [6, 6.07) is 0. The Morgan fingerprint density at radius 3 is 2.75 bits per heavy atom. The molecule has 2 rings (SSSR count). The summed E-state index contributed by atoms with van der Waals surface area (Å²) in [6.45, 7) is 0.228. The molecule has 0 radical (unpaired) electrons. The van der Waals surface area contributed by atoms with Gasteiger partial charge in [-0.2, -0.15) is 0 Å². The number of carbonyl (C=O) groups is 1. The number of hydrogen-bond acceptors (Lipinski definition) is 4. The lowest BCUT2D eigenvalue weighted by Gasteiger charge is -2.14. The fraction of sp³-hybridized carbons (Fsp3) is 0.692. The third kappa shape index (κ3) is 3.52. The molecule has 0 bridgehead atoms. The first-order valence-corrected chi connectivity index (χ1v) is 7.58. The van der Waals surface area contributed by atoms with Crippen molar-refractivity contribution in [3.63, 3.8) is 0 Å². The van der Waals surface area contributed by atoms with Crippen LogP contribution in [0.4, 0.5) is 8.78 Å². The SMILES string of the molecule is Cc1nc(C2CCCC2)sc1C(=O)NCC(F)(F)CN. The molecule has 7 heteroatoms. The molecule has 1 amide bonds. The van der Waals surface area contributed by atoms with Gasteiger partial charge in [-0.3, -0.25) is 4.79 Å². The fourth-order valence-corrected chi connectivity index (χ4v) is 3.49. The maximum Gasteiger partial charge on any atom is 0.277 e. The fourth-order valence-electron chi connectivity index (χ4n) is 2.34. The summed E-state index contributed by atoms with van der Waals surface area (Å²) in [5.74, 6) is -3.13. The van der Waals surface area contributed by atoms with E-state index in [2.05, 4.69) is 10.3 Å². The van der Waals surface area contributed by atoms with E-state index < -0.39 is 24.9 Å². The molecule has 0 unspecified atom stereocenters. The molecule has 3 N–H and O–H groups in total. The van der Waals surface area contributed by atoms with E-state index in [1.807, 2.05) is 0 Å². The highest BCUT2D eigenvalue weighted by molar-refractivity contribution is 7.13. The Balaban J connectivity index is 2.02. The summed E-state index contributed by atoms with van der Waals surface area (Å²) in [5.41, 5.74) is 5.55. The number of carbonyl (C=O) groups excluding carboxylic acids is 1. The highest BCUT2D eigenvalue weighted by Crippen LogP contribution is 2.37. The topological polar surface area (TPSA) is 68.0 Å². The number of nitrogens with two attached hydrogens (primary N) is 1. The van der Waals surface area contributed by atoms with E-state index in [4.69, 9.17) is 5.73 Å². The van der Waals surface area contributed by atoms with Gasteiger partial charge in [0.2, 0.25) is 0 Å². The maximum absolute atomic E-state index is 13.0. The number of halogens is 2. The molecule has 1 aromatic rings. The molecule has 1 aliphatic rings. The molecule has 4 nitrogen and oxygen atoms in total. The van der Waals surface area contributed by atoms with Crippen molar-refractivity contribution in [1.29, 1.82) is 0 Å². The van der Waals surface area contributed by atoms with E-state index in [-0.39, 0.29) is 0 Å². The molecule has 0 atom stereocenters. The lowest BCUT2D eigenvalue weighted by molar-refractivity contribution is 0.0119. The summed E-state index contributed by atoms with van der Waals surface area (Å²) in [7, 11) is 0. The van der Waals surface area contributed by atoms with Crippen LogP contribution in [0.5, 0.6) is 0 Å². The van der Waals surface area contributed by atoms with Crippen LogP contribution < -0.4 is 11.1 Å². The predicted octanol–water partition coefficient (Wildman–Crippen LogP) is 2.43. The third-order valence-electron chi connectivity index (χ3n) is 3.53. The van der Waals surface area contributed by atoms with Crippen LogP contribution in [-0.4, -0.2) is 29.9 Å². The molecule has 1 aromatic heterocycles. The molecule has 1 saturated carbocycles. The van der Waals surface area contributed by atoms with Gasteiger partial charge in [0.05, 0.1) is 23.8 Å². The largest absolute Gasteiger partial charge is 0.345 e. The Hall–Kier alpha value is -1.08. The van der Waals surface area contributed by atoms with E-state index in [9.17, 15) is 13.6 Å². The van der Waals surface area contributed by atoms with Crippen molar-refractivity contribution in [1.82, 2.24) is 10.3 Å². The van der Waals surface area contributed by atoms with Crippen molar-refractivity contribution in [3.05, 3.63) is 15.6 Å². The standard InChI is InChI=1S/C13H19F2N3OS/c1-8-10(11(19)17-7-13(14,15)6-16)20-12(18-8)9-4-2-3-5-9/h9H,2-7,16H2,1H3,(H,17,19). The van der Waals surface area contributed by atoms with Gasteiger partial charge in [-0.15, -0.1) is 11.3 Å². The van der Waals surface area contributed by atoms with Gasteiger partial charge in [0.1, 0.15) is 4.88 Å². The van der Waals surface area contributed by atoms with E-state index in [1.165, 1.54) is 24.2 Å². The Labute approximate surface area is 120 Å². The number of hydrogen-bond donors (Lipinski definition) is 2. The zero-order valence-corrected chi connectivity index (χ0v) is 12.2. The molecule has 1 aliphatic carbocycles. The van der Waals surface area contributed by atoms with Crippen LogP contribution in [0.2, 0.25) is 0 Å². The highest BCUT2D eigenvalue weighted by atomic mass is 32.1. The van der Waals surface area contributed by atoms with Gasteiger partial charge in [-0.05, 0) is 19.8 Å². The van der Waals surface area contributed by atoms with Gasteiger partial charge in [-0.1, -0.05) is 12.8 Å². The molecule has 0 spiro atoms. The van der Waals surface area contributed by atoms with Crippen LogP contribution >= 0.6 is 11.3 Å². The number of aromatic nitrogens is 1. The molecule has 0 aliphatic heterocycles. The Kier molecular flexibility index (Phi) is 4.70. The Morgan fingerprint density at radius 1 is 1.50 bits per heavy atom. The first kappa shape index (κ1) is 15.3. The minimum atomic E-state index is -3.07. The number of nitrogens with zero attached hydrogens (tertiary/aromatic N) is 1. The zero-order chi connectivity index (χ0) is 14.8. The van der Waals surface area contributed by atoms with Gasteiger partial charge >= 0.3 is 0 Å². The summed E-state index contributed by atoms with van der Waals surface area (Å²) < 4.78 is 26.1. The van der Waals surface area contributed by atoms with E-state index in [1.54, 1.807) is 6.92 Å². The normalized spacial score (nSPS) is 16.6. The second-order valence-electron chi connectivity index (χ2n) is 5.19. The maximum atomic E-state index is 13.0. The number of aryl methyl sites for hydroxylation is 1. The van der Waals surface area contributed by atoms with Crippen molar-refractivity contribution in [3.8, 4) is 0 Å². The van der Waals surface area contributed by atoms with Crippen LogP contribution in [-0.2, 0) is 0 Å². The lowest BCUT2D eigenvalue weighted by Crippen LogP contribution is -2.41. The van der Waals surface area contributed by atoms with Crippen molar-refractivity contribution in [2.75, 3.05) is 13.1 Å². The second-order valence-corrected chi connectivity index (χ2v) is 6.22. The van der Waals surface area contributed by atoms with Crippen LogP contribution in [0, 0.1) is 6.92 Å². The summed E-state index contributed by atoms with van der Waals surface area (Å²) >= 11 is 1.32. The molecule has 0 saturated heterocycles. The van der Waals surface area contributed by atoms with Gasteiger partial charge in [0.15, 0.2) is 0 Å². The molecule has 1 fully saturated rings.